The van der Waals surface area contributed by atoms with Gasteiger partial charge in [0.1, 0.15) is 5.82 Å². The van der Waals surface area contributed by atoms with Crippen LogP contribution in [0.4, 0.5) is 4.39 Å². The molecule has 1 heterocycles. The average Bonchev–Trinajstić information content (AvgIpc) is 2.64. The zero-order valence-electron chi connectivity index (χ0n) is 12.5. The highest BCUT2D eigenvalue weighted by Crippen LogP contribution is 2.11. The van der Waals surface area contributed by atoms with Crippen molar-refractivity contribution in [3.05, 3.63) is 35.6 Å². The maximum Gasteiger partial charge on any atom is 0.307 e. The van der Waals surface area contributed by atoms with Gasteiger partial charge in [0.2, 0.25) is 0 Å². The quantitative estimate of drug-likeness (QED) is 0.903. The van der Waals surface area contributed by atoms with Crippen LogP contribution in [-0.4, -0.2) is 53.6 Å². The van der Waals surface area contributed by atoms with E-state index in [1.54, 1.807) is 19.1 Å². The van der Waals surface area contributed by atoms with E-state index in [9.17, 15) is 9.18 Å². The lowest BCUT2D eigenvalue weighted by Gasteiger charge is -2.23. The van der Waals surface area contributed by atoms with Crippen molar-refractivity contribution in [3.8, 4) is 0 Å². The first-order valence-corrected chi connectivity index (χ1v) is 7.46. The summed E-state index contributed by atoms with van der Waals surface area (Å²) in [5.74, 6) is -1.27. The van der Waals surface area contributed by atoms with Gasteiger partial charge in [-0.1, -0.05) is 19.1 Å². The lowest BCUT2D eigenvalue weighted by molar-refractivity contribution is -0.141. The third-order valence-electron chi connectivity index (χ3n) is 3.93. The van der Waals surface area contributed by atoms with E-state index in [1.807, 2.05) is 6.07 Å². The molecule has 1 fully saturated rings. The number of aliphatic carboxylic acids is 1. The fraction of sp³-hybridized carbons (Fsp3) is 0.562. The minimum atomic E-state index is -0.740. The van der Waals surface area contributed by atoms with E-state index in [4.69, 9.17) is 5.11 Å². The summed E-state index contributed by atoms with van der Waals surface area (Å²) in [5, 5.41) is 8.98. The van der Waals surface area contributed by atoms with Crippen LogP contribution in [0.5, 0.6) is 0 Å². The van der Waals surface area contributed by atoms with Crippen LogP contribution in [0.3, 0.4) is 0 Å². The molecule has 1 N–H and O–H groups in total. The first-order valence-electron chi connectivity index (χ1n) is 7.46. The normalized spacial score (nSPS) is 19.1. The number of carboxylic acid groups (broad SMARTS) is 1. The molecule has 0 aromatic heterocycles. The van der Waals surface area contributed by atoms with Gasteiger partial charge in [0.05, 0.1) is 5.92 Å². The summed E-state index contributed by atoms with van der Waals surface area (Å²) in [6, 6.07) is 6.72. The van der Waals surface area contributed by atoms with Gasteiger partial charge in [-0.2, -0.15) is 0 Å². The van der Waals surface area contributed by atoms with Crippen LogP contribution >= 0.6 is 0 Å². The van der Waals surface area contributed by atoms with E-state index in [0.29, 0.717) is 6.54 Å². The van der Waals surface area contributed by atoms with E-state index >= 15 is 0 Å². The number of benzene rings is 1. The Kier molecular flexibility index (Phi) is 5.70. The van der Waals surface area contributed by atoms with Crippen molar-refractivity contribution < 1.29 is 14.3 Å². The van der Waals surface area contributed by atoms with Gasteiger partial charge in [-0.05, 0) is 37.2 Å². The summed E-state index contributed by atoms with van der Waals surface area (Å²) >= 11 is 0. The van der Waals surface area contributed by atoms with Crippen molar-refractivity contribution in [1.82, 2.24) is 9.80 Å². The number of carboxylic acids is 1. The number of nitrogens with zero attached hydrogens (tertiary/aromatic N) is 2. The topological polar surface area (TPSA) is 43.8 Å². The maximum atomic E-state index is 13.2. The summed E-state index contributed by atoms with van der Waals surface area (Å²) in [6.45, 7) is 6.75. The van der Waals surface area contributed by atoms with E-state index in [2.05, 4.69) is 9.80 Å². The largest absolute Gasteiger partial charge is 0.481 e. The molecule has 1 aromatic carbocycles. The maximum absolute atomic E-state index is 13.2. The molecule has 0 aliphatic carbocycles. The van der Waals surface area contributed by atoms with Crippen LogP contribution < -0.4 is 0 Å². The summed E-state index contributed by atoms with van der Waals surface area (Å²) in [5.41, 5.74) is 0.988. The summed E-state index contributed by atoms with van der Waals surface area (Å²) in [6.07, 6.45) is 1.02. The summed E-state index contributed by atoms with van der Waals surface area (Å²) < 4.78 is 13.2. The fourth-order valence-electron chi connectivity index (χ4n) is 2.72. The van der Waals surface area contributed by atoms with Gasteiger partial charge < -0.3 is 10.0 Å². The Bertz CT molecular complexity index is 481. The molecule has 4 nitrogen and oxygen atoms in total. The van der Waals surface area contributed by atoms with E-state index in [0.717, 1.165) is 44.7 Å². The summed E-state index contributed by atoms with van der Waals surface area (Å²) in [7, 11) is 0. The van der Waals surface area contributed by atoms with Crippen molar-refractivity contribution in [1.29, 1.82) is 0 Å². The molecule has 0 spiro atoms. The van der Waals surface area contributed by atoms with E-state index in [-0.39, 0.29) is 11.7 Å². The monoisotopic (exact) mass is 294 g/mol. The first kappa shape index (κ1) is 15.9. The van der Waals surface area contributed by atoms with Crippen molar-refractivity contribution in [2.24, 2.45) is 5.92 Å². The standard InChI is InChI=1S/C16H23FN2O2/c1-13(16(20)21)11-18-6-3-7-19(9-8-18)12-14-4-2-5-15(17)10-14/h2,4-5,10,13H,3,6-9,11-12H2,1H3,(H,20,21). The van der Waals surface area contributed by atoms with Crippen molar-refractivity contribution >= 4 is 5.97 Å². The van der Waals surface area contributed by atoms with Gasteiger partial charge in [-0.3, -0.25) is 9.69 Å². The Morgan fingerprint density at radius 3 is 2.71 bits per heavy atom. The molecule has 1 aliphatic heterocycles. The molecule has 1 aromatic rings. The first-order chi connectivity index (χ1) is 10.0. The fourth-order valence-corrected chi connectivity index (χ4v) is 2.72. The number of rotatable bonds is 5. The predicted molar refractivity (Wildman–Crippen MR) is 79.5 cm³/mol. The van der Waals surface area contributed by atoms with Crippen LogP contribution in [0.25, 0.3) is 0 Å². The average molecular weight is 294 g/mol. The number of hydrogen-bond acceptors (Lipinski definition) is 3. The zero-order valence-corrected chi connectivity index (χ0v) is 12.5. The molecule has 1 atom stereocenters. The smallest absolute Gasteiger partial charge is 0.307 e. The van der Waals surface area contributed by atoms with Gasteiger partial charge in [0.25, 0.3) is 0 Å². The Morgan fingerprint density at radius 1 is 1.29 bits per heavy atom. The highest BCUT2D eigenvalue weighted by molar-refractivity contribution is 5.69. The molecule has 1 aliphatic rings. The molecular formula is C16H23FN2O2. The molecule has 0 saturated carbocycles. The summed E-state index contributed by atoms with van der Waals surface area (Å²) in [4.78, 5) is 15.4. The van der Waals surface area contributed by atoms with E-state index in [1.165, 1.54) is 6.07 Å². The molecule has 21 heavy (non-hydrogen) atoms. The Balaban J connectivity index is 1.84. The predicted octanol–water partition coefficient (Wildman–Crippen LogP) is 2.05. The van der Waals surface area contributed by atoms with Gasteiger partial charge in [0, 0.05) is 26.2 Å². The Morgan fingerprint density at radius 2 is 2.00 bits per heavy atom. The molecule has 5 heteroatoms. The molecule has 1 saturated heterocycles. The van der Waals surface area contributed by atoms with Gasteiger partial charge in [0.15, 0.2) is 0 Å². The van der Waals surface area contributed by atoms with Crippen LogP contribution in [0.15, 0.2) is 24.3 Å². The van der Waals surface area contributed by atoms with Crippen LogP contribution in [0, 0.1) is 11.7 Å². The number of carbonyl (C=O) groups is 1. The molecule has 0 amide bonds. The minimum absolute atomic E-state index is 0.195. The van der Waals surface area contributed by atoms with E-state index < -0.39 is 5.97 Å². The van der Waals surface area contributed by atoms with Gasteiger partial charge in [-0.15, -0.1) is 0 Å². The van der Waals surface area contributed by atoms with Gasteiger partial charge >= 0.3 is 5.97 Å². The second-order valence-corrected chi connectivity index (χ2v) is 5.80. The second-order valence-electron chi connectivity index (χ2n) is 5.80. The zero-order chi connectivity index (χ0) is 15.2. The third kappa shape index (κ3) is 5.10. The third-order valence-corrected chi connectivity index (χ3v) is 3.93. The molecule has 0 radical (unpaired) electrons. The molecular weight excluding hydrogens is 271 g/mol. The number of hydrogen-bond donors (Lipinski definition) is 1. The highest BCUT2D eigenvalue weighted by Gasteiger charge is 2.19. The SMILES string of the molecule is CC(CN1CCCN(Cc2cccc(F)c2)CC1)C(=O)O. The number of halogens is 1. The van der Waals surface area contributed by atoms with Crippen molar-refractivity contribution in [3.63, 3.8) is 0 Å². The molecule has 1 unspecified atom stereocenters. The molecule has 116 valence electrons. The highest BCUT2D eigenvalue weighted by atomic mass is 19.1. The lowest BCUT2D eigenvalue weighted by Crippen LogP contribution is -2.35. The second kappa shape index (κ2) is 7.52. The van der Waals surface area contributed by atoms with Crippen LogP contribution in [0.2, 0.25) is 0 Å². The molecule has 0 bridgehead atoms. The van der Waals surface area contributed by atoms with Gasteiger partial charge in [-0.25, -0.2) is 4.39 Å². The minimum Gasteiger partial charge on any atom is -0.481 e. The molecule has 2 rings (SSSR count). The lowest BCUT2D eigenvalue weighted by atomic mass is 10.1. The van der Waals surface area contributed by atoms with Crippen LogP contribution in [0.1, 0.15) is 18.9 Å². The van der Waals surface area contributed by atoms with Crippen LogP contribution in [-0.2, 0) is 11.3 Å². The van der Waals surface area contributed by atoms with Crippen molar-refractivity contribution in [2.45, 2.75) is 19.9 Å². The Labute approximate surface area is 125 Å². The van der Waals surface area contributed by atoms with Crippen molar-refractivity contribution in [2.75, 3.05) is 32.7 Å². The Hall–Kier alpha value is -1.46.